The maximum atomic E-state index is 12.7. The number of carbonyl (C=O) groups excluding carboxylic acids is 1. The third-order valence-electron chi connectivity index (χ3n) is 6.88. The van der Waals surface area contributed by atoms with Gasteiger partial charge in [0.25, 0.3) is 0 Å². The van der Waals surface area contributed by atoms with Crippen LogP contribution in [0.4, 0.5) is 4.79 Å². The first-order valence-corrected chi connectivity index (χ1v) is 10.7. The number of rotatable bonds is 4. The Balaban J connectivity index is 1.29. The van der Waals surface area contributed by atoms with E-state index in [0.717, 1.165) is 36.4 Å². The number of aromatic nitrogens is 1. The van der Waals surface area contributed by atoms with Gasteiger partial charge in [-0.1, -0.05) is 12.1 Å². The minimum absolute atomic E-state index is 0.0396. The molecule has 1 saturated carbocycles. The summed E-state index contributed by atoms with van der Waals surface area (Å²) in [5.41, 5.74) is 10.4. The lowest BCUT2D eigenvalue weighted by atomic mass is 9.71. The minimum atomic E-state index is 0.0396. The predicted octanol–water partition coefficient (Wildman–Crippen LogP) is 2.54. The highest BCUT2D eigenvalue weighted by Gasteiger charge is 2.47. The Morgan fingerprint density at radius 1 is 1.13 bits per heavy atom. The molecule has 2 saturated heterocycles. The first kappa shape index (κ1) is 19.3. The van der Waals surface area contributed by atoms with Crippen molar-refractivity contribution in [2.24, 2.45) is 11.8 Å². The summed E-state index contributed by atoms with van der Waals surface area (Å²) in [5.74, 6) is 1.79. The van der Waals surface area contributed by atoms with E-state index in [9.17, 15) is 4.79 Å². The van der Waals surface area contributed by atoms with Crippen molar-refractivity contribution in [1.29, 1.82) is 0 Å². The average Bonchev–Trinajstić information content (AvgIpc) is 3.16. The monoisotopic (exact) mass is 407 g/mol. The predicted molar refractivity (Wildman–Crippen MR) is 114 cm³/mol. The number of ether oxygens (including phenoxy) is 1. The molecule has 5 atom stereocenters. The summed E-state index contributed by atoms with van der Waals surface area (Å²) in [7, 11) is 1.66. The molecule has 2 aromatic rings. The number of pyridine rings is 1. The van der Waals surface area contributed by atoms with E-state index in [4.69, 9.17) is 4.74 Å². The highest BCUT2D eigenvalue weighted by atomic mass is 16.5. The second-order valence-electron chi connectivity index (χ2n) is 8.78. The number of benzene rings is 1. The molecule has 7 heteroatoms. The van der Waals surface area contributed by atoms with Crippen molar-refractivity contribution in [3.05, 3.63) is 59.4 Å². The molecule has 30 heavy (non-hydrogen) atoms. The van der Waals surface area contributed by atoms with E-state index in [-0.39, 0.29) is 18.1 Å². The number of nitrogens with one attached hydrogen (secondary N) is 3. The van der Waals surface area contributed by atoms with Gasteiger partial charge in [0.05, 0.1) is 13.2 Å². The molecule has 3 N–H and O–H groups in total. The summed E-state index contributed by atoms with van der Waals surface area (Å²) in [6, 6.07) is 13.2. The number of hydrogen-bond acceptors (Lipinski definition) is 5. The van der Waals surface area contributed by atoms with Gasteiger partial charge in [-0.3, -0.25) is 10.4 Å². The third-order valence-corrected chi connectivity index (χ3v) is 6.88. The number of carbonyl (C=O) groups is 1. The van der Waals surface area contributed by atoms with E-state index < -0.39 is 0 Å². The van der Waals surface area contributed by atoms with Crippen LogP contribution in [0.25, 0.3) is 0 Å². The Labute approximate surface area is 177 Å². The molecule has 3 heterocycles. The molecule has 3 fully saturated rings. The molecule has 1 aliphatic carbocycles. The fourth-order valence-corrected chi connectivity index (χ4v) is 5.33. The fourth-order valence-electron chi connectivity index (χ4n) is 5.33. The number of methoxy groups -OCH3 is 1. The van der Waals surface area contributed by atoms with Gasteiger partial charge in [0, 0.05) is 37.1 Å². The first-order valence-electron chi connectivity index (χ1n) is 10.7. The van der Waals surface area contributed by atoms with Crippen molar-refractivity contribution in [2.75, 3.05) is 13.7 Å². The van der Waals surface area contributed by atoms with Crippen LogP contribution in [0.1, 0.15) is 35.7 Å². The van der Waals surface area contributed by atoms with Crippen LogP contribution in [0.15, 0.2) is 42.6 Å². The van der Waals surface area contributed by atoms with Gasteiger partial charge in [-0.2, -0.15) is 0 Å². The van der Waals surface area contributed by atoms with E-state index >= 15 is 0 Å². The van der Waals surface area contributed by atoms with Crippen LogP contribution in [-0.2, 0) is 6.54 Å². The number of hydrogen-bond donors (Lipinski definition) is 3. The SMILES string of the molecule is COc1ccc(CN2CC3CC4C(CC3NC2=O)NNC4c2ccnc(C)c2)cc1. The number of aryl methyl sites for hydroxylation is 1. The van der Waals surface area contributed by atoms with Crippen LogP contribution in [0.3, 0.4) is 0 Å². The largest absolute Gasteiger partial charge is 0.497 e. The van der Waals surface area contributed by atoms with Crippen molar-refractivity contribution in [2.45, 2.75) is 44.4 Å². The molecule has 2 amide bonds. The van der Waals surface area contributed by atoms with Gasteiger partial charge in [0.15, 0.2) is 0 Å². The molecule has 5 unspecified atom stereocenters. The second kappa shape index (κ2) is 7.89. The number of hydrazine groups is 1. The lowest BCUT2D eigenvalue weighted by Crippen LogP contribution is -2.60. The van der Waals surface area contributed by atoms with Crippen LogP contribution < -0.4 is 20.9 Å². The minimum Gasteiger partial charge on any atom is -0.497 e. The number of nitrogens with zero attached hydrogens (tertiary/aromatic N) is 2. The van der Waals surface area contributed by atoms with Crippen molar-refractivity contribution >= 4 is 6.03 Å². The molecule has 0 spiro atoms. The van der Waals surface area contributed by atoms with Crippen molar-refractivity contribution < 1.29 is 9.53 Å². The summed E-state index contributed by atoms with van der Waals surface area (Å²) in [4.78, 5) is 19.0. The van der Waals surface area contributed by atoms with Gasteiger partial charge in [-0.05, 0) is 67.0 Å². The maximum Gasteiger partial charge on any atom is 0.317 e. The van der Waals surface area contributed by atoms with E-state index in [1.807, 2.05) is 42.3 Å². The topological polar surface area (TPSA) is 78.5 Å². The number of fused-ring (bicyclic) bond motifs is 2. The Kier molecular flexibility index (Phi) is 5.08. The van der Waals surface area contributed by atoms with E-state index in [1.54, 1.807) is 7.11 Å². The Morgan fingerprint density at radius 2 is 1.97 bits per heavy atom. The van der Waals surface area contributed by atoms with Crippen LogP contribution >= 0.6 is 0 Å². The zero-order valence-electron chi connectivity index (χ0n) is 17.5. The fraction of sp³-hybridized carbons (Fsp3) is 0.478. The summed E-state index contributed by atoms with van der Waals surface area (Å²) in [6.45, 7) is 3.46. The van der Waals surface area contributed by atoms with E-state index in [0.29, 0.717) is 24.4 Å². The van der Waals surface area contributed by atoms with Crippen LogP contribution in [0, 0.1) is 18.8 Å². The van der Waals surface area contributed by atoms with Gasteiger partial charge < -0.3 is 15.0 Å². The van der Waals surface area contributed by atoms with Gasteiger partial charge in [0.2, 0.25) is 0 Å². The number of amides is 2. The molecule has 3 aliphatic rings. The molecule has 7 nitrogen and oxygen atoms in total. The summed E-state index contributed by atoms with van der Waals surface area (Å²) in [5, 5.41) is 3.27. The Bertz CT molecular complexity index is 918. The van der Waals surface area contributed by atoms with Gasteiger partial charge in [0.1, 0.15) is 5.75 Å². The quantitative estimate of drug-likeness (QED) is 0.726. The number of urea groups is 1. The van der Waals surface area contributed by atoms with Crippen molar-refractivity contribution in [1.82, 2.24) is 26.1 Å². The lowest BCUT2D eigenvalue weighted by Gasteiger charge is -2.45. The highest BCUT2D eigenvalue weighted by molar-refractivity contribution is 5.75. The van der Waals surface area contributed by atoms with Crippen LogP contribution in [0.5, 0.6) is 5.75 Å². The maximum absolute atomic E-state index is 12.7. The summed E-state index contributed by atoms with van der Waals surface area (Å²) >= 11 is 0. The zero-order valence-corrected chi connectivity index (χ0v) is 17.5. The standard InChI is InChI=1S/C23H29N5O2/c1-14-9-16(7-8-24-14)22-19-10-17-13-28(12-15-3-5-18(30-2)6-4-15)23(29)25-20(17)11-21(19)26-27-22/h3-9,17,19-22,26-27H,10-13H2,1-2H3,(H,25,29). The van der Waals surface area contributed by atoms with Crippen LogP contribution in [-0.4, -0.2) is 41.7 Å². The highest BCUT2D eigenvalue weighted by Crippen LogP contribution is 2.42. The van der Waals surface area contributed by atoms with Crippen molar-refractivity contribution in [3.63, 3.8) is 0 Å². The summed E-state index contributed by atoms with van der Waals surface area (Å²) in [6.07, 6.45) is 3.94. The third kappa shape index (κ3) is 3.63. The lowest BCUT2D eigenvalue weighted by molar-refractivity contribution is 0.0961. The van der Waals surface area contributed by atoms with Crippen molar-refractivity contribution in [3.8, 4) is 5.75 Å². The molecular formula is C23H29N5O2. The van der Waals surface area contributed by atoms with Gasteiger partial charge in [-0.25, -0.2) is 10.2 Å². The Hall–Kier alpha value is -2.64. The molecule has 5 rings (SSSR count). The molecule has 0 bridgehead atoms. The molecule has 2 aliphatic heterocycles. The average molecular weight is 408 g/mol. The molecular weight excluding hydrogens is 378 g/mol. The van der Waals surface area contributed by atoms with Gasteiger partial charge in [-0.15, -0.1) is 0 Å². The Morgan fingerprint density at radius 3 is 2.73 bits per heavy atom. The van der Waals surface area contributed by atoms with E-state index in [2.05, 4.69) is 33.3 Å². The first-order chi connectivity index (χ1) is 14.6. The molecule has 0 radical (unpaired) electrons. The van der Waals surface area contributed by atoms with Gasteiger partial charge >= 0.3 is 6.03 Å². The summed E-state index contributed by atoms with van der Waals surface area (Å²) < 4.78 is 5.24. The zero-order chi connectivity index (χ0) is 20.7. The molecule has 1 aromatic carbocycles. The second-order valence-corrected chi connectivity index (χ2v) is 8.78. The molecule has 158 valence electrons. The smallest absolute Gasteiger partial charge is 0.317 e. The normalized spacial score (nSPS) is 30.4. The van der Waals surface area contributed by atoms with Crippen LogP contribution in [0.2, 0.25) is 0 Å². The van der Waals surface area contributed by atoms with E-state index in [1.165, 1.54) is 5.56 Å². The molecule has 1 aromatic heterocycles.